The maximum atomic E-state index is 12.0. The number of halogens is 1. The lowest BCUT2D eigenvalue weighted by molar-refractivity contribution is -0.153. The third-order valence-electron chi connectivity index (χ3n) is 6.46. The highest BCUT2D eigenvalue weighted by atomic mass is 35.5. The van der Waals surface area contributed by atoms with Crippen molar-refractivity contribution in [3.63, 3.8) is 0 Å². The molecular weight excluding hydrogens is 710 g/mol. The van der Waals surface area contributed by atoms with Gasteiger partial charge in [0.15, 0.2) is 17.3 Å². The fourth-order valence-corrected chi connectivity index (χ4v) is 4.90. The summed E-state index contributed by atoms with van der Waals surface area (Å²) in [5, 5.41) is 6.45. The van der Waals surface area contributed by atoms with E-state index in [-0.39, 0.29) is 48.4 Å². The van der Waals surface area contributed by atoms with Gasteiger partial charge in [0.05, 0.1) is 90.4 Å². The predicted octanol–water partition coefficient (Wildman–Crippen LogP) is 4.71. The van der Waals surface area contributed by atoms with E-state index in [1.807, 2.05) is 13.0 Å². The number of methoxy groups -OCH3 is 2. The first-order chi connectivity index (χ1) is 24.4. The Morgan fingerprint density at radius 1 is 0.824 bits per heavy atom. The van der Waals surface area contributed by atoms with Crippen LogP contribution >= 0.6 is 11.6 Å². The highest BCUT2D eigenvalue weighted by Crippen LogP contribution is 2.36. The average Bonchev–Trinajstić information content (AvgIpc) is 3.07. The summed E-state index contributed by atoms with van der Waals surface area (Å²) in [4.78, 5) is 20.2. The van der Waals surface area contributed by atoms with Crippen molar-refractivity contribution >= 4 is 56.4 Å². The molecule has 282 valence electrons. The van der Waals surface area contributed by atoms with E-state index < -0.39 is 16.0 Å². The van der Waals surface area contributed by atoms with E-state index in [0.29, 0.717) is 68.3 Å². The minimum absolute atomic E-state index is 0.102. The van der Waals surface area contributed by atoms with E-state index >= 15 is 0 Å². The second kappa shape index (κ2) is 21.3. The molecule has 18 heteroatoms. The van der Waals surface area contributed by atoms with Gasteiger partial charge in [-0.1, -0.05) is 11.6 Å². The van der Waals surface area contributed by atoms with Gasteiger partial charge < -0.3 is 48.5 Å². The Morgan fingerprint density at radius 2 is 1.47 bits per heavy atom. The monoisotopic (exact) mass is 755 g/mol. The molecule has 0 saturated heterocycles. The van der Waals surface area contributed by atoms with Crippen LogP contribution in [0.15, 0.2) is 36.5 Å². The molecule has 1 aromatic heterocycles. The molecule has 16 nitrogen and oxygen atoms in total. The SMILES string of the molecule is COc1ccc(Nc2nc(Nc3cc(OCCOCCOCCOCCOCC(=O)OC(C)C)c(OC)cc3C)ncc2Cl)c(NS(C)(=O)=O)c1. The topological polar surface area (TPSA) is 187 Å². The second-order valence-corrected chi connectivity index (χ2v) is 13.2. The van der Waals surface area contributed by atoms with Crippen LogP contribution in [0.2, 0.25) is 5.02 Å². The molecule has 0 saturated carbocycles. The third-order valence-corrected chi connectivity index (χ3v) is 7.33. The zero-order chi connectivity index (χ0) is 37.2. The van der Waals surface area contributed by atoms with Crippen LogP contribution in [0.5, 0.6) is 17.2 Å². The minimum Gasteiger partial charge on any atom is -0.497 e. The first-order valence-electron chi connectivity index (χ1n) is 15.9. The van der Waals surface area contributed by atoms with Gasteiger partial charge in [-0.2, -0.15) is 4.98 Å². The molecule has 0 fully saturated rings. The van der Waals surface area contributed by atoms with Crippen molar-refractivity contribution in [2.24, 2.45) is 0 Å². The first kappa shape index (κ1) is 41.3. The summed E-state index contributed by atoms with van der Waals surface area (Å²) < 4.78 is 69.8. The summed E-state index contributed by atoms with van der Waals surface area (Å²) in [6, 6.07) is 8.42. The molecule has 2 aromatic carbocycles. The maximum Gasteiger partial charge on any atom is 0.332 e. The Balaban J connectivity index is 1.46. The number of carbonyl (C=O) groups excluding carboxylic acids is 1. The van der Waals surface area contributed by atoms with Crippen LogP contribution in [0, 0.1) is 6.92 Å². The van der Waals surface area contributed by atoms with Crippen molar-refractivity contribution < 1.29 is 51.1 Å². The Kier molecular flexibility index (Phi) is 17.2. The highest BCUT2D eigenvalue weighted by Gasteiger charge is 2.15. The van der Waals surface area contributed by atoms with Crippen LogP contribution in [0.1, 0.15) is 19.4 Å². The smallest absolute Gasteiger partial charge is 0.332 e. The Bertz CT molecular complexity index is 1660. The van der Waals surface area contributed by atoms with Crippen molar-refractivity contribution in [2.45, 2.75) is 26.9 Å². The summed E-state index contributed by atoms with van der Waals surface area (Å²) in [5.74, 6) is 1.52. The minimum atomic E-state index is -3.59. The number of benzene rings is 2. The number of esters is 1. The fraction of sp³-hybridized carbons (Fsp3) is 0.485. The number of hydrogen-bond acceptors (Lipinski definition) is 15. The summed E-state index contributed by atoms with van der Waals surface area (Å²) in [7, 11) is -0.559. The van der Waals surface area contributed by atoms with Crippen molar-refractivity contribution in [1.82, 2.24) is 9.97 Å². The van der Waals surface area contributed by atoms with E-state index in [9.17, 15) is 13.2 Å². The fourth-order valence-electron chi connectivity index (χ4n) is 4.20. The van der Waals surface area contributed by atoms with Crippen molar-refractivity contribution in [3.05, 3.63) is 47.1 Å². The molecule has 3 rings (SSSR count). The van der Waals surface area contributed by atoms with Crippen LogP contribution in [0.4, 0.5) is 28.8 Å². The Hall–Kier alpha value is -4.13. The summed E-state index contributed by atoms with van der Waals surface area (Å²) in [6.45, 7) is 8.07. The van der Waals surface area contributed by atoms with Gasteiger partial charge in [-0.15, -0.1) is 0 Å². The van der Waals surface area contributed by atoms with Gasteiger partial charge in [-0.25, -0.2) is 18.2 Å². The van der Waals surface area contributed by atoms with E-state index in [0.717, 1.165) is 11.8 Å². The quantitative estimate of drug-likeness (QED) is 0.0842. The van der Waals surface area contributed by atoms with Crippen molar-refractivity contribution in [3.8, 4) is 17.2 Å². The zero-order valence-corrected chi connectivity index (χ0v) is 31.1. The van der Waals surface area contributed by atoms with Crippen LogP contribution in [-0.4, -0.2) is 110 Å². The maximum absolute atomic E-state index is 12.0. The van der Waals surface area contributed by atoms with E-state index in [4.69, 9.17) is 49.5 Å². The average molecular weight is 756 g/mol. The van der Waals surface area contributed by atoms with E-state index in [2.05, 4.69) is 25.3 Å². The normalized spacial score (nSPS) is 11.3. The van der Waals surface area contributed by atoms with Crippen LogP contribution < -0.4 is 29.6 Å². The molecule has 51 heavy (non-hydrogen) atoms. The number of hydrogen-bond donors (Lipinski definition) is 3. The number of anilines is 5. The molecule has 0 unspecified atom stereocenters. The molecule has 0 aliphatic rings. The molecular formula is C33H46ClN5O11S. The summed E-state index contributed by atoms with van der Waals surface area (Å²) >= 11 is 6.40. The number of nitrogens with zero attached hydrogens (tertiary/aromatic N) is 2. The lowest BCUT2D eigenvalue weighted by Crippen LogP contribution is -2.19. The standard InChI is InChI=1S/C33H46ClN5O11S/c1-22(2)50-31(40)21-48-14-13-46-10-9-45-11-12-47-15-16-49-30-19-27(23(3)17-29(30)44-5)37-33-35-20-25(34)32(38-33)36-26-8-7-24(43-4)18-28(26)39-51(6,41)42/h7-8,17-20,22,39H,9-16,21H2,1-6H3,(H2,35,36,37,38). The Morgan fingerprint density at radius 3 is 2.08 bits per heavy atom. The van der Waals surface area contributed by atoms with Gasteiger partial charge in [0.1, 0.15) is 24.0 Å². The molecule has 0 amide bonds. The van der Waals surface area contributed by atoms with Crippen molar-refractivity contribution in [2.75, 3.05) is 95.3 Å². The molecule has 0 aliphatic heterocycles. The number of rotatable bonds is 24. The van der Waals surface area contributed by atoms with Gasteiger partial charge >= 0.3 is 5.97 Å². The molecule has 0 spiro atoms. The molecule has 0 bridgehead atoms. The van der Waals surface area contributed by atoms with Crippen LogP contribution in [0.3, 0.4) is 0 Å². The van der Waals surface area contributed by atoms with Crippen molar-refractivity contribution in [1.29, 1.82) is 0 Å². The summed E-state index contributed by atoms with van der Waals surface area (Å²) in [5.41, 5.74) is 2.13. The van der Waals surface area contributed by atoms with Gasteiger partial charge in [0, 0.05) is 17.8 Å². The molecule has 0 radical (unpaired) electrons. The van der Waals surface area contributed by atoms with Crippen LogP contribution in [-0.2, 0) is 38.5 Å². The predicted molar refractivity (Wildman–Crippen MR) is 193 cm³/mol. The number of nitrogens with one attached hydrogen (secondary N) is 3. The molecule has 0 aliphatic carbocycles. The molecule has 3 aromatic rings. The van der Waals surface area contributed by atoms with Gasteiger partial charge in [0.2, 0.25) is 16.0 Å². The van der Waals surface area contributed by atoms with Crippen LogP contribution in [0.25, 0.3) is 0 Å². The number of aromatic nitrogens is 2. The number of aryl methyl sites for hydroxylation is 1. The van der Waals surface area contributed by atoms with Gasteiger partial charge in [-0.05, 0) is 44.5 Å². The molecule has 0 atom stereocenters. The number of sulfonamides is 1. The second-order valence-electron chi connectivity index (χ2n) is 11.0. The summed E-state index contributed by atoms with van der Waals surface area (Å²) in [6.07, 6.45) is 2.30. The van der Waals surface area contributed by atoms with Gasteiger partial charge in [-0.3, -0.25) is 4.72 Å². The highest BCUT2D eigenvalue weighted by molar-refractivity contribution is 7.92. The zero-order valence-electron chi connectivity index (χ0n) is 29.6. The van der Waals surface area contributed by atoms with E-state index in [1.165, 1.54) is 19.4 Å². The number of carbonyl (C=O) groups is 1. The lowest BCUT2D eigenvalue weighted by Gasteiger charge is -2.17. The molecule has 3 N–H and O–H groups in total. The lowest BCUT2D eigenvalue weighted by atomic mass is 10.1. The third kappa shape index (κ3) is 15.3. The van der Waals surface area contributed by atoms with Gasteiger partial charge in [0.25, 0.3) is 0 Å². The first-order valence-corrected chi connectivity index (χ1v) is 18.2. The Labute approximate surface area is 303 Å². The molecule has 1 heterocycles. The number of ether oxygens (including phenoxy) is 8. The largest absolute Gasteiger partial charge is 0.497 e. The van der Waals surface area contributed by atoms with E-state index in [1.54, 1.807) is 39.2 Å².